The molecule has 0 aliphatic carbocycles. The summed E-state index contributed by atoms with van der Waals surface area (Å²) in [4.78, 5) is 22.7. The second kappa shape index (κ2) is 8.04. The van der Waals surface area contributed by atoms with Crippen molar-refractivity contribution in [1.82, 2.24) is 0 Å². The van der Waals surface area contributed by atoms with Crippen molar-refractivity contribution in [3.05, 3.63) is 71.3 Å². The van der Waals surface area contributed by atoms with Gasteiger partial charge in [0.25, 0.3) is 0 Å². The van der Waals surface area contributed by atoms with Gasteiger partial charge in [-0.25, -0.2) is 4.79 Å². The summed E-state index contributed by atoms with van der Waals surface area (Å²) in [6, 6.07) is 15.0. The summed E-state index contributed by atoms with van der Waals surface area (Å²) in [6.45, 7) is 0.0983. The van der Waals surface area contributed by atoms with Gasteiger partial charge in [-0.2, -0.15) is 0 Å². The van der Waals surface area contributed by atoms with E-state index in [1.807, 2.05) is 30.3 Å². The van der Waals surface area contributed by atoms with Gasteiger partial charge in [-0.3, -0.25) is 0 Å². The van der Waals surface area contributed by atoms with Crippen molar-refractivity contribution in [3.8, 4) is 0 Å². The fourth-order valence-corrected chi connectivity index (χ4v) is 1.64. The predicted octanol–water partition coefficient (Wildman–Crippen LogP) is 1.03. The second-order valence-electron chi connectivity index (χ2n) is 3.89. The molecule has 2 aromatic carbocycles. The van der Waals surface area contributed by atoms with E-state index in [4.69, 9.17) is 4.74 Å². The van der Waals surface area contributed by atoms with Crippen LogP contribution in [0.5, 0.6) is 0 Å². The molecule has 0 atom stereocenters. The maximum atomic E-state index is 11.8. The van der Waals surface area contributed by atoms with Crippen molar-refractivity contribution < 1.29 is 19.4 Å². The minimum Gasteiger partial charge on any atom is -0.545 e. The zero-order valence-electron chi connectivity index (χ0n) is 10.7. The molecule has 0 fully saturated rings. The summed E-state index contributed by atoms with van der Waals surface area (Å²) >= 11 is 0. The zero-order valence-corrected chi connectivity index (χ0v) is 13.0. The van der Waals surface area contributed by atoms with Gasteiger partial charge in [-0.1, -0.05) is 48.5 Å². The summed E-state index contributed by atoms with van der Waals surface area (Å²) in [5.41, 5.74) is 0.667. The van der Waals surface area contributed by atoms with Gasteiger partial charge in [-0.15, -0.1) is 0 Å². The summed E-state index contributed by atoms with van der Waals surface area (Å²) in [7, 11) is 0. The van der Waals surface area contributed by atoms with Gasteiger partial charge in [0.1, 0.15) is 6.61 Å². The molecule has 0 aliphatic heterocycles. The minimum atomic E-state index is -1.40. The van der Waals surface area contributed by atoms with Crippen LogP contribution in [0.3, 0.4) is 0 Å². The van der Waals surface area contributed by atoms with Gasteiger partial charge in [0.05, 0.1) is 11.5 Å². The Labute approximate surface area is 146 Å². The molecule has 5 heteroatoms. The summed E-state index contributed by atoms with van der Waals surface area (Å²) in [5, 5.41) is 10.9. The van der Waals surface area contributed by atoms with Crippen LogP contribution in [0.25, 0.3) is 0 Å². The standard InChI is InChI=1S/C15H12O4.Ca/c16-14(17)12-8-4-5-9-13(12)15(18)19-10-11-6-2-1-3-7-11;/h1-9H,10H2,(H,16,17);/q;+2/p-1. The molecule has 20 heavy (non-hydrogen) atoms. The molecule has 0 saturated carbocycles. The number of hydrogen-bond donors (Lipinski definition) is 0. The van der Waals surface area contributed by atoms with E-state index in [2.05, 4.69) is 0 Å². The molecular formula is C15H11CaO4+. The number of esters is 1. The molecule has 0 aromatic heterocycles. The van der Waals surface area contributed by atoms with Crippen molar-refractivity contribution in [3.63, 3.8) is 0 Å². The SMILES string of the molecule is O=C([O-])c1ccccc1C(=O)OCc1ccccc1.[Ca+2]. The molecule has 0 amide bonds. The molecule has 0 N–H and O–H groups in total. The molecule has 0 unspecified atom stereocenters. The van der Waals surface area contributed by atoms with E-state index >= 15 is 0 Å². The zero-order chi connectivity index (χ0) is 13.7. The van der Waals surface area contributed by atoms with E-state index in [1.165, 1.54) is 18.2 Å². The Hall–Kier alpha value is -1.36. The molecule has 2 rings (SSSR count). The van der Waals surface area contributed by atoms with Crippen LogP contribution in [0.4, 0.5) is 0 Å². The average Bonchev–Trinajstić information content (AvgIpc) is 2.46. The molecule has 2 aromatic rings. The largest absolute Gasteiger partial charge is 2.00 e. The van der Waals surface area contributed by atoms with Crippen LogP contribution in [0.2, 0.25) is 0 Å². The fraction of sp³-hybridized carbons (Fsp3) is 0.0667. The molecule has 0 spiro atoms. The van der Waals surface area contributed by atoms with E-state index in [9.17, 15) is 14.7 Å². The molecule has 0 bridgehead atoms. The van der Waals surface area contributed by atoms with Gasteiger partial charge in [0, 0.05) is 5.56 Å². The van der Waals surface area contributed by atoms with Crippen LogP contribution in [0, 0.1) is 0 Å². The number of hydrogen-bond acceptors (Lipinski definition) is 4. The first-order valence-electron chi connectivity index (χ1n) is 5.70. The maximum absolute atomic E-state index is 11.8. The number of rotatable bonds is 4. The molecule has 0 heterocycles. The first kappa shape index (κ1) is 16.7. The number of carbonyl (C=O) groups is 2. The third kappa shape index (κ3) is 4.34. The van der Waals surface area contributed by atoms with E-state index < -0.39 is 11.9 Å². The van der Waals surface area contributed by atoms with Crippen LogP contribution < -0.4 is 5.11 Å². The van der Waals surface area contributed by atoms with Crippen LogP contribution >= 0.6 is 0 Å². The molecule has 0 saturated heterocycles. The number of carboxylic acids is 1. The van der Waals surface area contributed by atoms with E-state index in [1.54, 1.807) is 6.07 Å². The van der Waals surface area contributed by atoms with Crippen molar-refractivity contribution in [2.75, 3.05) is 0 Å². The van der Waals surface area contributed by atoms with Crippen molar-refractivity contribution in [2.45, 2.75) is 6.61 Å². The van der Waals surface area contributed by atoms with Crippen molar-refractivity contribution >= 4 is 49.7 Å². The van der Waals surface area contributed by atoms with Crippen LogP contribution in [0.15, 0.2) is 54.6 Å². The van der Waals surface area contributed by atoms with Gasteiger partial charge in [0.2, 0.25) is 0 Å². The first-order valence-corrected chi connectivity index (χ1v) is 5.70. The third-order valence-corrected chi connectivity index (χ3v) is 2.58. The van der Waals surface area contributed by atoms with Gasteiger partial charge < -0.3 is 14.6 Å². The van der Waals surface area contributed by atoms with Gasteiger partial charge in [0.15, 0.2) is 0 Å². The van der Waals surface area contributed by atoms with Gasteiger partial charge >= 0.3 is 43.7 Å². The molecular weight excluding hydrogens is 284 g/mol. The Morgan fingerprint density at radius 1 is 0.900 bits per heavy atom. The first-order chi connectivity index (χ1) is 9.18. The van der Waals surface area contributed by atoms with Crippen LogP contribution in [-0.4, -0.2) is 49.7 Å². The van der Waals surface area contributed by atoms with E-state index in [0.29, 0.717) is 0 Å². The number of carboxylic acid groups (broad SMARTS) is 1. The second-order valence-corrected chi connectivity index (χ2v) is 3.89. The molecule has 96 valence electrons. The Morgan fingerprint density at radius 3 is 2.05 bits per heavy atom. The molecule has 0 aliphatic rings. The monoisotopic (exact) mass is 295 g/mol. The van der Waals surface area contributed by atoms with Crippen LogP contribution in [-0.2, 0) is 11.3 Å². The quantitative estimate of drug-likeness (QED) is 0.624. The van der Waals surface area contributed by atoms with Crippen molar-refractivity contribution in [1.29, 1.82) is 0 Å². The van der Waals surface area contributed by atoms with E-state index in [-0.39, 0.29) is 55.5 Å². The normalized spacial score (nSPS) is 9.40. The summed E-state index contributed by atoms with van der Waals surface area (Å²) < 4.78 is 5.07. The summed E-state index contributed by atoms with van der Waals surface area (Å²) in [5.74, 6) is -2.07. The minimum absolute atomic E-state index is 0. The Balaban J connectivity index is 0.00000200. The smallest absolute Gasteiger partial charge is 0.545 e. The number of benzene rings is 2. The fourth-order valence-electron chi connectivity index (χ4n) is 1.64. The number of ether oxygens (including phenoxy) is 1. The third-order valence-electron chi connectivity index (χ3n) is 2.58. The Morgan fingerprint density at radius 2 is 1.45 bits per heavy atom. The number of aromatic carboxylic acids is 1. The Kier molecular flexibility index (Phi) is 6.71. The van der Waals surface area contributed by atoms with Crippen molar-refractivity contribution in [2.24, 2.45) is 0 Å². The topological polar surface area (TPSA) is 66.4 Å². The van der Waals surface area contributed by atoms with E-state index in [0.717, 1.165) is 5.56 Å². The van der Waals surface area contributed by atoms with Crippen LogP contribution in [0.1, 0.15) is 26.3 Å². The maximum Gasteiger partial charge on any atom is 2.00 e. The number of carbonyl (C=O) groups excluding carboxylic acids is 2. The average molecular weight is 295 g/mol. The molecule has 0 radical (unpaired) electrons. The molecule has 4 nitrogen and oxygen atoms in total. The van der Waals surface area contributed by atoms with Gasteiger partial charge in [-0.05, 0) is 11.6 Å². The summed E-state index contributed by atoms with van der Waals surface area (Å²) in [6.07, 6.45) is 0. The Bertz CT molecular complexity index is 596. The predicted molar refractivity (Wildman–Crippen MR) is 72.1 cm³/mol.